The summed E-state index contributed by atoms with van der Waals surface area (Å²) < 4.78 is 6.00. The summed E-state index contributed by atoms with van der Waals surface area (Å²) in [4.78, 5) is 30.1. The summed E-state index contributed by atoms with van der Waals surface area (Å²) in [5.74, 6) is 0.452. The van der Waals surface area contributed by atoms with E-state index in [4.69, 9.17) is 16.3 Å². The van der Waals surface area contributed by atoms with E-state index >= 15 is 0 Å². The second-order valence-corrected chi connectivity index (χ2v) is 13.5. The van der Waals surface area contributed by atoms with Gasteiger partial charge >= 0.3 is 0 Å². The standard InChI is InChI=1S/C33H52ClN3O3/c1-7-37(28-16-23(4)40-24(5)17-28)30-19-27(34)18-29(25(30)6)31(38)35-20-33(21(2)15-22(3)36-32(33)39)26-13-11-9-8-10-12-14-26/h18-19,21-24,26,28H,7-17,20H2,1-6H3,(H,35,38)(H,36,39)/t21?,22?,23-,24+,28?,33?. The lowest BCUT2D eigenvalue weighted by atomic mass is 9.59. The number of benzene rings is 1. The van der Waals surface area contributed by atoms with Gasteiger partial charge in [-0.1, -0.05) is 50.6 Å². The maximum absolute atomic E-state index is 13.9. The van der Waals surface area contributed by atoms with Crippen molar-refractivity contribution in [1.82, 2.24) is 10.6 Å². The number of hydrogen-bond donors (Lipinski definition) is 2. The first kappa shape index (κ1) is 31.2. The van der Waals surface area contributed by atoms with Gasteiger partial charge < -0.3 is 20.3 Å². The number of anilines is 1. The smallest absolute Gasteiger partial charge is 0.251 e. The Labute approximate surface area is 247 Å². The van der Waals surface area contributed by atoms with Crippen molar-refractivity contribution >= 4 is 29.1 Å². The van der Waals surface area contributed by atoms with Gasteiger partial charge in [0.25, 0.3) is 5.91 Å². The van der Waals surface area contributed by atoms with E-state index < -0.39 is 5.41 Å². The second kappa shape index (κ2) is 13.5. The molecule has 224 valence electrons. The zero-order valence-corrected chi connectivity index (χ0v) is 26.4. The van der Waals surface area contributed by atoms with Gasteiger partial charge in [0, 0.05) is 41.4 Å². The van der Waals surface area contributed by atoms with Crippen molar-refractivity contribution in [3.63, 3.8) is 0 Å². The summed E-state index contributed by atoms with van der Waals surface area (Å²) in [6.45, 7) is 14.0. The molecule has 1 aromatic rings. The summed E-state index contributed by atoms with van der Waals surface area (Å²) in [7, 11) is 0. The molecule has 1 aromatic carbocycles. The van der Waals surface area contributed by atoms with Gasteiger partial charge in [-0.25, -0.2) is 0 Å². The fourth-order valence-electron chi connectivity index (χ4n) is 8.11. The topological polar surface area (TPSA) is 70.7 Å². The molecule has 6 nitrogen and oxygen atoms in total. The summed E-state index contributed by atoms with van der Waals surface area (Å²) >= 11 is 6.66. The van der Waals surface area contributed by atoms with Crippen LogP contribution in [0.1, 0.15) is 115 Å². The van der Waals surface area contributed by atoms with Gasteiger partial charge in [-0.05, 0) is 96.3 Å². The van der Waals surface area contributed by atoms with E-state index in [0.717, 1.165) is 62.7 Å². The Morgan fingerprint density at radius 1 is 1.05 bits per heavy atom. The first-order valence-electron chi connectivity index (χ1n) is 15.9. The van der Waals surface area contributed by atoms with E-state index in [1.165, 1.54) is 19.3 Å². The minimum absolute atomic E-state index is 0.119. The van der Waals surface area contributed by atoms with Crippen LogP contribution in [0.4, 0.5) is 5.69 Å². The minimum atomic E-state index is -0.585. The molecule has 2 amide bonds. The molecule has 2 aliphatic heterocycles. The average Bonchev–Trinajstić information content (AvgIpc) is 2.85. The summed E-state index contributed by atoms with van der Waals surface area (Å²) in [5.41, 5.74) is 1.96. The highest BCUT2D eigenvalue weighted by atomic mass is 35.5. The third kappa shape index (κ3) is 6.64. The van der Waals surface area contributed by atoms with Crippen molar-refractivity contribution in [3.8, 4) is 0 Å². The highest BCUT2D eigenvalue weighted by Gasteiger charge is 2.52. The normalized spacial score (nSPS) is 32.1. The van der Waals surface area contributed by atoms with E-state index in [-0.39, 0.29) is 41.9 Å². The Kier molecular flexibility index (Phi) is 10.5. The molecule has 0 aromatic heterocycles. The van der Waals surface area contributed by atoms with Crippen molar-refractivity contribution < 1.29 is 14.3 Å². The zero-order chi connectivity index (χ0) is 29.0. The number of nitrogens with zero attached hydrogens (tertiary/aromatic N) is 1. The average molecular weight is 574 g/mol. The van der Waals surface area contributed by atoms with E-state index in [0.29, 0.717) is 23.2 Å². The lowest BCUT2D eigenvalue weighted by molar-refractivity contribution is -0.144. The van der Waals surface area contributed by atoms with Crippen LogP contribution in [-0.2, 0) is 9.53 Å². The van der Waals surface area contributed by atoms with Gasteiger partial charge in [-0.2, -0.15) is 0 Å². The van der Waals surface area contributed by atoms with Crippen LogP contribution in [0.5, 0.6) is 0 Å². The minimum Gasteiger partial charge on any atom is -0.375 e. The lowest BCUT2D eigenvalue weighted by Crippen LogP contribution is -2.61. The van der Waals surface area contributed by atoms with Gasteiger partial charge in [0.2, 0.25) is 5.91 Å². The predicted octanol–water partition coefficient (Wildman–Crippen LogP) is 7.05. The molecule has 2 saturated heterocycles. The van der Waals surface area contributed by atoms with Crippen LogP contribution in [0.25, 0.3) is 0 Å². The van der Waals surface area contributed by atoms with Crippen LogP contribution >= 0.6 is 11.6 Å². The Morgan fingerprint density at radius 2 is 1.68 bits per heavy atom. The highest BCUT2D eigenvalue weighted by molar-refractivity contribution is 6.31. The molecular formula is C33H52ClN3O3. The monoisotopic (exact) mass is 573 g/mol. The molecule has 0 spiro atoms. The van der Waals surface area contributed by atoms with Crippen molar-refractivity contribution in [3.05, 3.63) is 28.3 Å². The number of halogens is 1. The third-order valence-corrected chi connectivity index (χ3v) is 10.3. The van der Waals surface area contributed by atoms with Crippen molar-refractivity contribution in [2.45, 2.75) is 130 Å². The second-order valence-electron chi connectivity index (χ2n) is 13.0. The molecule has 7 heteroatoms. The SMILES string of the molecule is CCN(c1cc(Cl)cc(C(=O)NCC2(C3CCCCCCC3)C(=O)NC(C)CC2C)c1C)C1C[C@@H](C)O[C@@H](C)C1. The van der Waals surface area contributed by atoms with Crippen molar-refractivity contribution in [1.29, 1.82) is 0 Å². The number of carbonyl (C=O) groups is 2. The summed E-state index contributed by atoms with van der Waals surface area (Å²) in [6, 6.07) is 4.27. The molecule has 4 rings (SSSR count). The zero-order valence-electron chi connectivity index (χ0n) is 25.7. The molecular weight excluding hydrogens is 522 g/mol. The first-order valence-corrected chi connectivity index (χ1v) is 16.3. The van der Waals surface area contributed by atoms with Gasteiger partial charge in [0.15, 0.2) is 0 Å². The number of nitrogens with one attached hydrogen (secondary N) is 2. The van der Waals surface area contributed by atoms with Gasteiger partial charge in [-0.15, -0.1) is 0 Å². The quantitative estimate of drug-likeness (QED) is 0.366. The molecule has 40 heavy (non-hydrogen) atoms. The largest absolute Gasteiger partial charge is 0.375 e. The Bertz CT molecular complexity index is 1030. The molecule has 1 saturated carbocycles. The first-order chi connectivity index (χ1) is 19.1. The fraction of sp³-hybridized carbons (Fsp3) is 0.758. The van der Waals surface area contributed by atoms with Crippen molar-refractivity contribution in [2.75, 3.05) is 18.0 Å². The molecule has 6 atom stereocenters. The highest BCUT2D eigenvalue weighted by Crippen LogP contribution is 2.46. The molecule has 0 radical (unpaired) electrons. The number of ether oxygens (including phenoxy) is 1. The van der Waals surface area contributed by atoms with Crippen LogP contribution in [0.2, 0.25) is 5.02 Å². The molecule has 4 unspecified atom stereocenters. The molecule has 2 heterocycles. The molecule has 2 N–H and O–H groups in total. The Balaban J connectivity index is 1.60. The van der Waals surface area contributed by atoms with Crippen LogP contribution < -0.4 is 15.5 Å². The maximum Gasteiger partial charge on any atom is 0.251 e. The predicted molar refractivity (Wildman–Crippen MR) is 164 cm³/mol. The van der Waals surface area contributed by atoms with Crippen LogP contribution in [0, 0.1) is 24.2 Å². The van der Waals surface area contributed by atoms with E-state index in [1.807, 2.05) is 13.0 Å². The number of hydrogen-bond acceptors (Lipinski definition) is 4. The Morgan fingerprint density at radius 3 is 2.27 bits per heavy atom. The molecule has 0 bridgehead atoms. The summed E-state index contributed by atoms with van der Waals surface area (Å²) in [6.07, 6.45) is 11.4. The summed E-state index contributed by atoms with van der Waals surface area (Å²) in [5, 5.41) is 7.09. The van der Waals surface area contributed by atoms with Gasteiger partial charge in [0.05, 0.1) is 17.6 Å². The third-order valence-electron chi connectivity index (χ3n) is 10.1. The lowest BCUT2D eigenvalue weighted by Gasteiger charge is -2.49. The van der Waals surface area contributed by atoms with E-state index in [1.54, 1.807) is 6.07 Å². The fourth-order valence-corrected chi connectivity index (χ4v) is 8.32. The van der Waals surface area contributed by atoms with Crippen LogP contribution in [0.15, 0.2) is 12.1 Å². The van der Waals surface area contributed by atoms with Gasteiger partial charge in [0.1, 0.15) is 0 Å². The number of amides is 2. The van der Waals surface area contributed by atoms with Crippen LogP contribution in [-0.4, -0.2) is 49.2 Å². The van der Waals surface area contributed by atoms with Crippen LogP contribution in [0.3, 0.4) is 0 Å². The van der Waals surface area contributed by atoms with Gasteiger partial charge in [-0.3, -0.25) is 9.59 Å². The van der Waals surface area contributed by atoms with E-state index in [2.05, 4.69) is 50.2 Å². The maximum atomic E-state index is 13.9. The Hall–Kier alpha value is -1.79. The van der Waals surface area contributed by atoms with E-state index in [9.17, 15) is 9.59 Å². The molecule has 1 aliphatic carbocycles. The number of carbonyl (C=O) groups excluding carboxylic acids is 2. The molecule has 3 aliphatic rings. The number of rotatable bonds is 7. The van der Waals surface area contributed by atoms with Crippen molar-refractivity contribution in [2.24, 2.45) is 17.3 Å². The molecule has 3 fully saturated rings. The number of piperidine rings is 1.